The molecule has 38 heavy (non-hydrogen) atoms. The van der Waals surface area contributed by atoms with Crippen molar-refractivity contribution >= 4 is 45.5 Å². The highest BCUT2D eigenvalue weighted by Gasteiger charge is 2.35. The van der Waals surface area contributed by atoms with Crippen LogP contribution in [0.15, 0.2) is 46.7 Å². The molecule has 2 aromatic carbocycles. The molecule has 0 fully saturated rings. The van der Waals surface area contributed by atoms with Crippen LogP contribution >= 0.6 is 23.1 Å². The smallest absolute Gasteiger partial charge is 0.420 e. The Kier molecular flexibility index (Phi) is 11.3. The van der Waals surface area contributed by atoms with E-state index in [4.69, 9.17) is 4.74 Å². The molecule has 10 heteroatoms. The molecule has 4 rings (SSSR count). The maximum atomic E-state index is 13.7. The maximum absolute atomic E-state index is 13.7. The molecular formula is C28H34F3N3O2S2. The van der Waals surface area contributed by atoms with E-state index < -0.39 is 11.7 Å². The lowest BCUT2D eigenvalue weighted by molar-refractivity contribution is -0.138. The lowest BCUT2D eigenvalue weighted by Gasteiger charge is -2.16. The highest BCUT2D eigenvalue weighted by molar-refractivity contribution is 8.00. The van der Waals surface area contributed by atoms with Gasteiger partial charge in [0.1, 0.15) is 5.75 Å². The van der Waals surface area contributed by atoms with Crippen LogP contribution in [0.2, 0.25) is 0 Å². The molecule has 2 N–H and O–H groups in total. The van der Waals surface area contributed by atoms with E-state index in [0.717, 1.165) is 54.3 Å². The minimum Gasteiger partial charge on any atom is -0.493 e. The first-order valence-corrected chi connectivity index (χ1v) is 14.8. The van der Waals surface area contributed by atoms with Gasteiger partial charge in [0.25, 0.3) is 0 Å². The molecule has 206 valence electrons. The van der Waals surface area contributed by atoms with Crippen LogP contribution in [0.4, 0.5) is 29.7 Å². The third kappa shape index (κ3) is 8.39. The largest absolute Gasteiger partial charge is 0.493 e. The fraction of sp³-hybridized carbons (Fsp3) is 0.429. The second-order valence-electron chi connectivity index (χ2n) is 8.54. The summed E-state index contributed by atoms with van der Waals surface area (Å²) in [6, 6.07) is 9.66. The summed E-state index contributed by atoms with van der Waals surface area (Å²) in [6.45, 7) is 6.41. The molecule has 0 saturated heterocycles. The van der Waals surface area contributed by atoms with Gasteiger partial charge in [-0.1, -0.05) is 58.9 Å². The fourth-order valence-corrected chi connectivity index (χ4v) is 5.42. The van der Waals surface area contributed by atoms with Crippen molar-refractivity contribution < 1.29 is 22.7 Å². The molecule has 0 aliphatic carbocycles. The number of nitrogens with zero attached hydrogens (tertiary/aromatic N) is 1. The van der Waals surface area contributed by atoms with Gasteiger partial charge >= 0.3 is 6.18 Å². The molecular weight excluding hydrogens is 531 g/mol. The molecule has 0 spiro atoms. The van der Waals surface area contributed by atoms with Crippen LogP contribution in [0.5, 0.6) is 5.75 Å². The summed E-state index contributed by atoms with van der Waals surface area (Å²) in [4.78, 5) is 17.0. The number of ether oxygens (including phenoxy) is 1. The predicted molar refractivity (Wildman–Crippen MR) is 152 cm³/mol. The average Bonchev–Trinajstić information content (AvgIpc) is 3.37. The van der Waals surface area contributed by atoms with Crippen molar-refractivity contribution in [2.45, 2.75) is 70.4 Å². The third-order valence-corrected chi connectivity index (χ3v) is 7.52. The number of anilines is 3. The Labute approximate surface area is 230 Å². The molecule has 1 aliphatic heterocycles. The summed E-state index contributed by atoms with van der Waals surface area (Å²) in [6.07, 6.45) is 1.71. The van der Waals surface area contributed by atoms with Crippen LogP contribution in [0.3, 0.4) is 0 Å². The van der Waals surface area contributed by atoms with Crippen LogP contribution in [0, 0.1) is 0 Å². The summed E-state index contributed by atoms with van der Waals surface area (Å²) in [5, 5.41) is 8.15. The zero-order valence-electron chi connectivity index (χ0n) is 21.9. The van der Waals surface area contributed by atoms with Crippen molar-refractivity contribution in [3.63, 3.8) is 0 Å². The summed E-state index contributed by atoms with van der Waals surface area (Å²) in [5.41, 5.74) is 1.84. The Hall–Kier alpha value is -2.72. The number of fused-ring (bicyclic) bond motifs is 1. The van der Waals surface area contributed by atoms with Crippen molar-refractivity contribution in [1.29, 1.82) is 0 Å². The first-order valence-electron chi connectivity index (χ1n) is 13.0. The van der Waals surface area contributed by atoms with Crippen LogP contribution in [-0.2, 0) is 11.0 Å². The maximum Gasteiger partial charge on any atom is 0.420 e. The minimum atomic E-state index is -4.53. The summed E-state index contributed by atoms with van der Waals surface area (Å²) in [5.74, 6) is 0.179. The number of hydrogen-bond donors (Lipinski definition) is 2. The standard InChI is InChI=1S/C26H28F3N3O2S2.C2H6/c1-2-3-4-5-6-7-12-34-22-11-9-18(14-19(22)26(27,28)29)30-25-32-21(15-36-25)17-8-10-20-23(13-17)35-16-24(33)31-20;1-2/h8-11,13-15H,2-7,12,16H2,1H3,(H,30,32)(H,31,33);1-2H3. The van der Waals surface area contributed by atoms with Gasteiger partial charge in [-0.3, -0.25) is 4.79 Å². The molecule has 2 heterocycles. The Balaban J connectivity index is 0.00000195. The zero-order valence-corrected chi connectivity index (χ0v) is 23.5. The van der Waals surface area contributed by atoms with Gasteiger partial charge in [-0.2, -0.15) is 13.2 Å². The van der Waals surface area contributed by atoms with E-state index >= 15 is 0 Å². The highest BCUT2D eigenvalue weighted by atomic mass is 32.2. The molecule has 0 unspecified atom stereocenters. The van der Waals surface area contributed by atoms with Gasteiger partial charge in [-0.05, 0) is 36.8 Å². The van der Waals surface area contributed by atoms with Crippen LogP contribution in [0.25, 0.3) is 11.3 Å². The number of nitrogens with one attached hydrogen (secondary N) is 2. The monoisotopic (exact) mass is 565 g/mol. The number of halogens is 3. The number of benzene rings is 2. The fourth-order valence-electron chi connectivity index (χ4n) is 3.84. The number of alkyl halides is 3. The second kappa shape index (κ2) is 14.4. The van der Waals surface area contributed by atoms with E-state index in [1.54, 1.807) is 6.07 Å². The number of carbonyl (C=O) groups excluding carboxylic acids is 1. The molecule has 0 saturated carbocycles. The molecule has 1 aliphatic rings. The third-order valence-electron chi connectivity index (χ3n) is 5.71. The number of hydrogen-bond acceptors (Lipinski definition) is 6. The Morgan fingerprint density at radius 3 is 2.58 bits per heavy atom. The van der Waals surface area contributed by atoms with Crippen molar-refractivity contribution in [2.24, 2.45) is 0 Å². The van der Waals surface area contributed by atoms with E-state index in [1.165, 1.54) is 35.6 Å². The molecule has 1 amide bonds. The van der Waals surface area contributed by atoms with Gasteiger partial charge in [0.15, 0.2) is 5.13 Å². The quantitative estimate of drug-likeness (QED) is 0.227. The normalized spacial score (nSPS) is 12.7. The Morgan fingerprint density at radius 1 is 1.05 bits per heavy atom. The predicted octanol–water partition coefficient (Wildman–Crippen LogP) is 9.38. The van der Waals surface area contributed by atoms with Gasteiger partial charge < -0.3 is 15.4 Å². The minimum absolute atomic E-state index is 0.0301. The van der Waals surface area contributed by atoms with Crippen molar-refractivity contribution in [1.82, 2.24) is 4.98 Å². The van der Waals surface area contributed by atoms with Crippen molar-refractivity contribution in [2.75, 3.05) is 23.0 Å². The molecule has 5 nitrogen and oxygen atoms in total. The Bertz CT molecular complexity index is 1200. The van der Waals surface area contributed by atoms with Crippen LogP contribution < -0.4 is 15.4 Å². The van der Waals surface area contributed by atoms with Gasteiger partial charge in [0.2, 0.25) is 5.91 Å². The highest BCUT2D eigenvalue weighted by Crippen LogP contribution is 2.39. The van der Waals surface area contributed by atoms with Crippen LogP contribution in [-0.4, -0.2) is 23.3 Å². The van der Waals surface area contributed by atoms with Gasteiger partial charge in [-0.25, -0.2) is 4.98 Å². The first kappa shape index (κ1) is 29.8. The molecule has 0 atom stereocenters. The number of unbranched alkanes of at least 4 members (excludes halogenated alkanes) is 5. The second-order valence-corrected chi connectivity index (χ2v) is 10.4. The average molecular weight is 566 g/mol. The van der Waals surface area contributed by atoms with E-state index in [2.05, 4.69) is 22.5 Å². The van der Waals surface area contributed by atoms with E-state index in [1.807, 2.05) is 37.4 Å². The topological polar surface area (TPSA) is 63.2 Å². The summed E-state index contributed by atoms with van der Waals surface area (Å²) in [7, 11) is 0. The lowest BCUT2D eigenvalue weighted by atomic mass is 10.1. The number of thioether (sulfide) groups is 1. The molecule has 0 radical (unpaired) electrons. The number of thiazole rings is 1. The number of amides is 1. The number of rotatable bonds is 11. The van der Waals surface area contributed by atoms with Gasteiger partial charge in [0.05, 0.1) is 29.3 Å². The molecule has 0 bridgehead atoms. The van der Waals surface area contributed by atoms with Gasteiger partial charge in [0, 0.05) is 21.5 Å². The van der Waals surface area contributed by atoms with Crippen LogP contribution in [0.1, 0.15) is 64.9 Å². The van der Waals surface area contributed by atoms with E-state index in [9.17, 15) is 18.0 Å². The number of carbonyl (C=O) groups is 1. The summed E-state index contributed by atoms with van der Waals surface area (Å²) < 4.78 is 46.7. The van der Waals surface area contributed by atoms with Crippen molar-refractivity contribution in [3.05, 3.63) is 47.3 Å². The summed E-state index contributed by atoms with van der Waals surface area (Å²) >= 11 is 2.77. The lowest BCUT2D eigenvalue weighted by Crippen LogP contribution is -2.18. The molecule has 1 aromatic heterocycles. The van der Waals surface area contributed by atoms with E-state index in [0.29, 0.717) is 22.3 Å². The van der Waals surface area contributed by atoms with Crippen molar-refractivity contribution in [3.8, 4) is 17.0 Å². The number of aromatic nitrogens is 1. The Morgan fingerprint density at radius 2 is 1.82 bits per heavy atom. The first-order chi connectivity index (χ1) is 18.3. The van der Waals surface area contributed by atoms with Gasteiger partial charge in [-0.15, -0.1) is 23.1 Å². The zero-order chi connectivity index (χ0) is 27.5. The van der Waals surface area contributed by atoms with E-state index in [-0.39, 0.29) is 18.3 Å². The SMILES string of the molecule is CC.CCCCCCCCOc1ccc(Nc2nc(-c3ccc4c(c3)SCC(=O)N4)cs2)cc1C(F)(F)F. The molecule has 3 aromatic rings.